The quantitative estimate of drug-likeness (QED) is 0.907. The van der Waals surface area contributed by atoms with Crippen LogP contribution in [0.15, 0.2) is 0 Å². The zero-order chi connectivity index (χ0) is 16.9. The van der Waals surface area contributed by atoms with Gasteiger partial charge in [0, 0.05) is 44.9 Å². The van der Waals surface area contributed by atoms with Gasteiger partial charge in [-0.25, -0.2) is 4.98 Å². The lowest BCUT2D eigenvalue weighted by molar-refractivity contribution is -0.134. The third kappa shape index (κ3) is 4.13. The Balaban J connectivity index is 1.44. The molecule has 3 heterocycles. The first-order valence-electron chi connectivity index (χ1n) is 9.08. The van der Waals surface area contributed by atoms with E-state index in [2.05, 4.69) is 15.2 Å². The zero-order valence-electron chi connectivity index (χ0n) is 14.5. The summed E-state index contributed by atoms with van der Waals surface area (Å²) >= 11 is 0. The second-order valence-electron chi connectivity index (χ2n) is 6.88. The number of aryl methyl sites for hydroxylation is 1. The summed E-state index contributed by atoms with van der Waals surface area (Å²) in [5.74, 6) is 2.42. The first kappa shape index (κ1) is 16.9. The highest BCUT2D eigenvalue weighted by Crippen LogP contribution is 2.25. The van der Waals surface area contributed by atoms with Crippen molar-refractivity contribution in [2.24, 2.45) is 0 Å². The van der Waals surface area contributed by atoms with Gasteiger partial charge >= 0.3 is 0 Å². The third-order valence-electron chi connectivity index (χ3n) is 5.09. The van der Waals surface area contributed by atoms with E-state index in [9.17, 15) is 9.59 Å². The van der Waals surface area contributed by atoms with Gasteiger partial charge in [-0.3, -0.25) is 14.7 Å². The average Bonchev–Trinajstić information content (AvgIpc) is 2.92. The summed E-state index contributed by atoms with van der Waals surface area (Å²) < 4.78 is 0. The van der Waals surface area contributed by atoms with E-state index in [-0.39, 0.29) is 11.8 Å². The van der Waals surface area contributed by atoms with Gasteiger partial charge in [-0.1, -0.05) is 6.42 Å². The van der Waals surface area contributed by atoms with E-state index in [0.717, 1.165) is 63.4 Å². The van der Waals surface area contributed by atoms with Gasteiger partial charge in [0.25, 0.3) is 0 Å². The van der Waals surface area contributed by atoms with Crippen LogP contribution in [0.25, 0.3) is 0 Å². The van der Waals surface area contributed by atoms with Crippen molar-refractivity contribution < 1.29 is 9.59 Å². The third-order valence-corrected chi connectivity index (χ3v) is 5.09. The van der Waals surface area contributed by atoms with Crippen molar-refractivity contribution in [3.05, 3.63) is 11.6 Å². The molecule has 7 nitrogen and oxygen atoms in total. The normalized spacial score (nSPS) is 20.3. The van der Waals surface area contributed by atoms with Crippen molar-refractivity contribution in [3.8, 4) is 0 Å². The SMILES string of the molecule is Cc1nc(C2CCN(C(=O)CCN3CCCCCC3=O)CC2)n[nH]1. The van der Waals surface area contributed by atoms with E-state index in [1.165, 1.54) is 0 Å². The van der Waals surface area contributed by atoms with Gasteiger partial charge < -0.3 is 9.80 Å². The maximum absolute atomic E-state index is 12.4. The maximum atomic E-state index is 12.4. The van der Waals surface area contributed by atoms with E-state index in [1.54, 1.807) is 0 Å². The van der Waals surface area contributed by atoms with Gasteiger partial charge in [0.1, 0.15) is 5.82 Å². The van der Waals surface area contributed by atoms with Crippen molar-refractivity contribution in [1.82, 2.24) is 25.0 Å². The molecule has 1 N–H and O–H groups in total. The molecule has 0 atom stereocenters. The Morgan fingerprint density at radius 2 is 2.00 bits per heavy atom. The lowest BCUT2D eigenvalue weighted by Gasteiger charge is -2.31. The monoisotopic (exact) mass is 333 g/mol. The molecule has 0 radical (unpaired) electrons. The molecule has 2 aliphatic rings. The fraction of sp³-hybridized carbons (Fsp3) is 0.765. The first-order chi connectivity index (χ1) is 11.6. The summed E-state index contributed by atoms with van der Waals surface area (Å²) in [6.07, 6.45) is 6.05. The number of hydrogen-bond acceptors (Lipinski definition) is 4. The lowest BCUT2D eigenvalue weighted by Crippen LogP contribution is -2.40. The summed E-state index contributed by atoms with van der Waals surface area (Å²) in [5, 5.41) is 7.13. The van der Waals surface area contributed by atoms with E-state index in [1.807, 2.05) is 16.7 Å². The predicted octanol–water partition coefficient (Wildman–Crippen LogP) is 1.61. The fourth-order valence-corrected chi connectivity index (χ4v) is 3.59. The minimum Gasteiger partial charge on any atom is -0.343 e. The van der Waals surface area contributed by atoms with Crippen molar-refractivity contribution in [2.45, 2.75) is 57.8 Å². The number of aromatic nitrogens is 3. The predicted molar refractivity (Wildman–Crippen MR) is 89.3 cm³/mol. The Bertz CT molecular complexity index is 577. The average molecular weight is 333 g/mol. The Morgan fingerprint density at radius 1 is 1.21 bits per heavy atom. The smallest absolute Gasteiger partial charge is 0.224 e. The molecule has 0 spiro atoms. The molecule has 132 valence electrons. The highest BCUT2D eigenvalue weighted by Gasteiger charge is 2.26. The second kappa shape index (κ2) is 7.77. The molecule has 7 heteroatoms. The van der Waals surface area contributed by atoms with Gasteiger partial charge in [0.2, 0.25) is 11.8 Å². The highest BCUT2D eigenvalue weighted by molar-refractivity contribution is 5.79. The number of carbonyl (C=O) groups is 2. The molecule has 2 aliphatic heterocycles. The molecule has 2 saturated heterocycles. The van der Waals surface area contributed by atoms with E-state index >= 15 is 0 Å². The van der Waals surface area contributed by atoms with Crippen molar-refractivity contribution in [1.29, 1.82) is 0 Å². The molecule has 2 fully saturated rings. The molecular weight excluding hydrogens is 306 g/mol. The summed E-state index contributed by atoms with van der Waals surface area (Å²) in [4.78, 5) is 32.6. The van der Waals surface area contributed by atoms with E-state index < -0.39 is 0 Å². The van der Waals surface area contributed by atoms with Crippen LogP contribution in [0.2, 0.25) is 0 Å². The maximum Gasteiger partial charge on any atom is 0.224 e. The number of amides is 2. The Labute approximate surface area is 142 Å². The van der Waals surface area contributed by atoms with E-state index in [4.69, 9.17) is 0 Å². The number of hydrogen-bond donors (Lipinski definition) is 1. The number of piperidine rings is 1. The second-order valence-corrected chi connectivity index (χ2v) is 6.88. The molecule has 0 aliphatic carbocycles. The molecule has 3 rings (SSSR count). The molecule has 1 aromatic heterocycles. The van der Waals surface area contributed by atoms with Crippen molar-refractivity contribution in [2.75, 3.05) is 26.2 Å². The van der Waals surface area contributed by atoms with Crippen LogP contribution in [0.1, 0.15) is 62.5 Å². The van der Waals surface area contributed by atoms with Crippen LogP contribution in [0.3, 0.4) is 0 Å². The minimum atomic E-state index is 0.164. The Hall–Kier alpha value is -1.92. The van der Waals surface area contributed by atoms with Crippen LogP contribution >= 0.6 is 0 Å². The van der Waals surface area contributed by atoms with Crippen LogP contribution in [0, 0.1) is 6.92 Å². The lowest BCUT2D eigenvalue weighted by atomic mass is 9.96. The van der Waals surface area contributed by atoms with Crippen LogP contribution in [-0.2, 0) is 9.59 Å². The van der Waals surface area contributed by atoms with Gasteiger partial charge in [0.15, 0.2) is 5.82 Å². The number of likely N-dealkylation sites (tertiary alicyclic amines) is 2. The number of H-pyrrole nitrogens is 1. The summed E-state index contributed by atoms with van der Waals surface area (Å²) in [6, 6.07) is 0. The molecule has 0 bridgehead atoms. The molecule has 0 aromatic carbocycles. The first-order valence-corrected chi connectivity index (χ1v) is 9.08. The van der Waals surface area contributed by atoms with Crippen molar-refractivity contribution in [3.63, 3.8) is 0 Å². The Morgan fingerprint density at radius 3 is 2.71 bits per heavy atom. The molecular formula is C17H27N5O2. The standard InChI is InChI=1S/C17H27N5O2/c1-13-18-17(20-19-13)14-6-10-22(11-7-14)16(24)8-12-21-9-4-2-3-5-15(21)23/h14H,2-12H2,1H3,(H,18,19,20). The number of nitrogens with one attached hydrogen (secondary N) is 1. The van der Waals surface area contributed by atoms with Crippen LogP contribution in [-0.4, -0.2) is 63.0 Å². The van der Waals surface area contributed by atoms with Gasteiger partial charge in [-0.2, -0.15) is 5.10 Å². The van der Waals surface area contributed by atoms with Gasteiger partial charge in [-0.05, 0) is 32.6 Å². The number of aromatic amines is 1. The Kier molecular flexibility index (Phi) is 5.48. The fourth-order valence-electron chi connectivity index (χ4n) is 3.59. The summed E-state index contributed by atoms with van der Waals surface area (Å²) in [6.45, 7) is 4.78. The largest absolute Gasteiger partial charge is 0.343 e. The number of rotatable bonds is 4. The molecule has 0 saturated carbocycles. The van der Waals surface area contributed by atoms with Crippen LogP contribution < -0.4 is 0 Å². The molecule has 1 aromatic rings. The summed E-state index contributed by atoms with van der Waals surface area (Å²) in [7, 11) is 0. The topological polar surface area (TPSA) is 82.2 Å². The summed E-state index contributed by atoms with van der Waals surface area (Å²) in [5.41, 5.74) is 0. The van der Waals surface area contributed by atoms with Crippen LogP contribution in [0.4, 0.5) is 0 Å². The molecule has 2 amide bonds. The van der Waals surface area contributed by atoms with Gasteiger partial charge in [-0.15, -0.1) is 0 Å². The van der Waals surface area contributed by atoms with E-state index in [0.29, 0.717) is 25.3 Å². The minimum absolute atomic E-state index is 0.164. The molecule has 24 heavy (non-hydrogen) atoms. The number of carbonyl (C=O) groups excluding carboxylic acids is 2. The zero-order valence-corrected chi connectivity index (χ0v) is 14.5. The van der Waals surface area contributed by atoms with Gasteiger partial charge in [0.05, 0.1) is 0 Å². The van der Waals surface area contributed by atoms with Crippen LogP contribution in [0.5, 0.6) is 0 Å². The highest BCUT2D eigenvalue weighted by atomic mass is 16.2. The van der Waals surface area contributed by atoms with Crippen molar-refractivity contribution >= 4 is 11.8 Å². The molecule has 0 unspecified atom stereocenters. The number of nitrogens with zero attached hydrogens (tertiary/aromatic N) is 4.